The molecule has 0 spiro atoms. The van der Waals surface area contributed by atoms with Gasteiger partial charge in [0.15, 0.2) is 0 Å². The zero-order chi connectivity index (χ0) is 9.97. The fraction of sp³-hybridized carbons (Fsp3) is 0.500. The predicted molar refractivity (Wildman–Crippen MR) is 61.7 cm³/mol. The van der Waals surface area contributed by atoms with Crippen LogP contribution in [-0.2, 0) is 6.42 Å². The Morgan fingerprint density at radius 3 is 3.07 bits per heavy atom. The lowest BCUT2D eigenvalue weighted by atomic mass is 10.1. The first-order valence-electron chi connectivity index (χ1n) is 5.44. The van der Waals surface area contributed by atoms with E-state index in [9.17, 15) is 0 Å². The van der Waals surface area contributed by atoms with Crippen LogP contribution < -0.4 is 10.6 Å². The summed E-state index contributed by atoms with van der Waals surface area (Å²) in [6.45, 7) is 4.59. The van der Waals surface area contributed by atoms with E-state index in [1.807, 2.05) is 6.07 Å². The van der Waals surface area contributed by atoms with E-state index in [0.29, 0.717) is 0 Å². The molecule has 0 unspecified atom stereocenters. The lowest BCUT2D eigenvalue weighted by molar-refractivity contribution is 0.736. The third-order valence-corrected chi connectivity index (χ3v) is 2.88. The van der Waals surface area contributed by atoms with Crippen LogP contribution in [0, 0.1) is 0 Å². The number of hydrogen-bond acceptors (Lipinski definition) is 2. The van der Waals surface area contributed by atoms with Gasteiger partial charge in [0.2, 0.25) is 0 Å². The number of rotatable bonds is 3. The highest BCUT2D eigenvalue weighted by molar-refractivity contribution is 5.62. The van der Waals surface area contributed by atoms with E-state index < -0.39 is 0 Å². The molecule has 2 nitrogen and oxygen atoms in total. The van der Waals surface area contributed by atoms with Crippen LogP contribution in [0.2, 0.25) is 0 Å². The van der Waals surface area contributed by atoms with Crippen LogP contribution in [0.1, 0.15) is 25.3 Å². The minimum Gasteiger partial charge on any atom is -0.399 e. The molecule has 2 rings (SSSR count). The monoisotopic (exact) mass is 190 g/mol. The molecule has 0 bridgehead atoms. The highest BCUT2D eigenvalue weighted by Crippen LogP contribution is 2.29. The van der Waals surface area contributed by atoms with Gasteiger partial charge in [-0.15, -0.1) is 0 Å². The lowest BCUT2D eigenvalue weighted by Crippen LogP contribution is -2.21. The van der Waals surface area contributed by atoms with Gasteiger partial charge in [-0.25, -0.2) is 0 Å². The number of anilines is 2. The molecule has 14 heavy (non-hydrogen) atoms. The number of nitrogens with two attached hydrogens (primary N) is 1. The van der Waals surface area contributed by atoms with Crippen molar-refractivity contribution in [2.45, 2.75) is 26.2 Å². The first-order valence-corrected chi connectivity index (χ1v) is 5.44. The predicted octanol–water partition coefficient (Wildman–Crippen LogP) is 2.43. The Morgan fingerprint density at radius 2 is 2.29 bits per heavy atom. The van der Waals surface area contributed by atoms with Gasteiger partial charge in [-0.3, -0.25) is 0 Å². The molecule has 0 aliphatic carbocycles. The fourth-order valence-electron chi connectivity index (χ4n) is 2.07. The molecule has 1 aliphatic heterocycles. The first-order chi connectivity index (χ1) is 6.81. The van der Waals surface area contributed by atoms with E-state index in [2.05, 4.69) is 24.0 Å². The van der Waals surface area contributed by atoms with Crippen LogP contribution in [0.25, 0.3) is 0 Å². The summed E-state index contributed by atoms with van der Waals surface area (Å²) in [7, 11) is 0. The van der Waals surface area contributed by atoms with Crippen LogP contribution in [0.4, 0.5) is 11.4 Å². The van der Waals surface area contributed by atoms with Crippen LogP contribution in [0.3, 0.4) is 0 Å². The zero-order valence-corrected chi connectivity index (χ0v) is 8.79. The van der Waals surface area contributed by atoms with E-state index in [-0.39, 0.29) is 0 Å². The highest BCUT2D eigenvalue weighted by atomic mass is 15.1. The van der Waals surface area contributed by atoms with Crippen molar-refractivity contribution in [1.82, 2.24) is 0 Å². The summed E-state index contributed by atoms with van der Waals surface area (Å²) < 4.78 is 0. The summed E-state index contributed by atoms with van der Waals surface area (Å²) in [6.07, 6.45) is 3.70. The third-order valence-electron chi connectivity index (χ3n) is 2.88. The molecule has 0 fully saturated rings. The fourth-order valence-corrected chi connectivity index (χ4v) is 2.07. The molecule has 1 aliphatic rings. The normalized spacial score (nSPS) is 14.5. The zero-order valence-electron chi connectivity index (χ0n) is 8.79. The molecule has 2 N–H and O–H groups in total. The van der Waals surface area contributed by atoms with Crippen molar-refractivity contribution >= 4 is 11.4 Å². The van der Waals surface area contributed by atoms with Gasteiger partial charge in [0.25, 0.3) is 0 Å². The van der Waals surface area contributed by atoms with Gasteiger partial charge in [0.1, 0.15) is 0 Å². The molecule has 2 heteroatoms. The van der Waals surface area contributed by atoms with Gasteiger partial charge >= 0.3 is 0 Å². The number of nitrogens with zero attached hydrogens (tertiary/aromatic N) is 1. The quantitative estimate of drug-likeness (QED) is 0.742. The maximum atomic E-state index is 5.76. The first kappa shape index (κ1) is 9.38. The Morgan fingerprint density at radius 1 is 1.43 bits per heavy atom. The summed E-state index contributed by atoms with van der Waals surface area (Å²) in [5.41, 5.74) is 9.46. The van der Waals surface area contributed by atoms with E-state index in [1.165, 1.54) is 37.2 Å². The summed E-state index contributed by atoms with van der Waals surface area (Å²) >= 11 is 0. The molecule has 0 aromatic heterocycles. The summed E-state index contributed by atoms with van der Waals surface area (Å²) in [5, 5.41) is 0. The topological polar surface area (TPSA) is 29.3 Å². The molecular formula is C12H18N2. The number of fused-ring (bicyclic) bond motifs is 1. The molecule has 1 aromatic rings. The number of unbranched alkanes of at least 4 members (excludes halogenated alkanes) is 1. The van der Waals surface area contributed by atoms with Gasteiger partial charge < -0.3 is 10.6 Å². The Balaban J connectivity index is 2.14. The molecule has 0 saturated heterocycles. The Kier molecular flexibility index (Phi) is 2.62. The molecule has 0 amide bonds. The van der Waals surface area contributed by atoms with Crippen molar-refractivity contribution in [1.29, 1.82) is 0 Å². The number of nitrogen functional groups attached to an aromatic ring is 1. The van der Waals surface area contributed by atoms with Crippen LogP contribution in [0.5, 0.6) is 0 Å². The lowest BCUT2D eigenvalue weighted by Gasteiger charge is -2.18. The van der Waals surface area contributed by atoms with Crippen molar-refractivity contribution in [3.63, 3.8) is 0 Å². The standard InChI is InChI=1S/C12H18N2/c1-2-3-7-14-8-6-10-9-11(13)4-5-12(10)14/h4-5,9H,2-3,6-8,13H2,1H3. The third kappa shape index (κ3) is 1.69. The van der Waals surface area contributed by atoms with Gasteiger partial charge in [0, 0.05) is 24.5 Å². The van der Waals surface area contributed by atoms with E-state index >= 15 is 0 Å². The SMILES string of the molecule is CCCCN1CCc2cc(N)ccc21. The number of benzene rings is 1. The van der Waals surface area contributed by atoms with Crippen LogP contribution in [-0.4, -0.2) is 13.1 Å². The second-order valence-corrected chi connectivity index (χ2v) is 3.98. The van der Waals surface area contributed by atoms with E-state index in [0.717, 1.165) is 12.1 Å². The number of hydrogen-bond donors (Lipinski definition) is 1. The minimum atomic E-state index is 0.890. The Labute approximate surface area is 85.7 Å². The van der Waals surface area contributed by atoms with Gasteiger partial charge in [-0.05, 0) is 36.6 Å². The van der Waals surface area contributed by atoms with Crippen molar-refractivity contribution in [2.24, 2.45) is 0 Å². The summed E-state index contributed by atoms with van der Waals surface area (Å²) in [5.74, 6) is 0. The van der Waals surface area contributed by atoms with Crippen molar-refractivity contribution in [3.8, 4) is 0 Å². The van der Waals surface area contributed by atoms with E-state index in [1.54, 1.807) is 0 Å². The summed E-state index contributed by atoms with van der Waals surface area (Å²) in [4.78, 5) is 2.47. The molecular weight excluding hydrogens is 172 g/mol. The van der Waals surface area contributed by atoms with Crippen LogP contribution in [0.15, 0.2) is 18.2 Å². The average molecular weight is 190 g/mol. The largest absolute Gasteiger partial charge is 0.399 e. The Bertz CT molecular complexity index is 320. The molecule has 1 heterocycles. The smallest absolute Gasteiger partial charge is 0.0401 e. The maximum absolute atomic E-state index is 5.76. The molecule has 76 valence electrons. The minimum absolute atomic E-state index is 0.890. The molecule has 0 saturated carbocycles. The maximum Gasteiger partial charge on any atom is 0.0401 e. The average Bonchev–Trinajstić information content (AvgIpc) is 2.57. The van der Waals surface area contributed by atoms with Crippen molar-refractivity contribution in [3.05, 3.63) is 23.8 Å². The molecule has 1 aromatic carbocycles. The van der Waals surface area contributed by atoms with Crippen LogP contribution >= 0.6 is 0 Å². The van der Waals surface area contributed by atoms with Gasteiger partial charge in [-0.2, -0.15) is 0 Å². The van der Waals surface area contributed by atoms with E-state index in [4.69, 9.17) is 5.73 Å². The second kappa shape index (κ2) is 3.91. The second-order valence-electron chi connectivity index (χ2n) is 3.98. The van der Waals surface area contributed by atoms with Gasteiger partial charge in [0.05, 0.1) is 0 Å². The molecule has 0 atom stereocenters. The Hall–Kier alpha value is -1.18. The summed E-state index contributed by atoms with van der Waals surface area (Å²) in [6, 6.07) is 6.28. The van der Waals surface area contributed by atoms with Crippen molar-refractivity contribution in [2.75, 3.05) is 23.7 Å². The highest BCUT2D eigenvalue weighted by Gasteiger charge is 2.17. The van der Waals surface area contributed by atoms with Crippen molar-refractivity contribution < 1.29 is 0 Å². The van der Waals surface area contributed by atoms with Gasteiger partial charge in [-0.1, -0.05) is 13.3 Å². The molecule has 0 radical (unpaired) electrons.